The quantitative estimate of drug-likeness (QED) is 0.757. The van der Waals surface area contributed by atoms with E-state index in [1.165, 1.54) is 51.0 Å². The Labute approximate surface area is 132 Å². The molecule has 116 valence electrons. The average Bonchev–Trinajstić information content (AvgIpc) is 3.27. The van der Waals surface area contributed by atoms with E-state index in [0.717, 1.165) is 24.6 Å². The lowest BCUT2D eigenvalue weighted by atomic mass is 9.83. The van der Waals surface area contributed by atoms with Crippen molar-refractivity contribution in [1.29, 1.82) is 0 Å². The molecule has 1 N–H and O–H groups in total. The minimum atomic E-state index is -0.138. The Bertz CT molecular complexity index is 472. The molecule has 2 atom stereocenters. The maximum absolute atomic E-state index is 14.1. The Morgan fingerprint density at radius 3 is 2.52 bits per heavy atom. The summed E-state index contributed by atoms with van der Waals surface area (Å²) in [5.74, 6) is 1.17. The summed E-state index contributed by atoms with van der Waals surface area (Å²) < 4.78 is 14.1. The maximum atomic E-state index is 14.1. The van der Waals surface area contributed by atoms with Gasteiger partial charge in [-0.05, 0) is 68.2 Å². The van der Waals surface area contributed by atoms with Gasteiger partial charge in [0.1, 0.15) is 5.82 Å². The van der Waals surface area contributed by atoms with E-state index >= 15 is 0 Å². The van der Waals surface area contributed by atoms with Crippen LogP contribution in [0.15, 0.2) is 18.2 Å². The van der Waals surface area contributed by atoms with Crippen LogP contribution < -0.4 is 5.32 Å². The standard InChI is InChI=1S/C18H25ClFN/c19-16-7-6-14(18(20)11-16)10-13-4-2-1-3-5-15(13)12-21-17-8-9-17/h6-7,11,13,15,17,21H,1-5,8-10,12H2. The first-order valence-electron chi connectivity index (χ1n) is 8.39. The van der Waals surface area contributed by atoms with E-state index in [4.69, 9.17) is 11.6 Å². The second kappa shape index (κ2) is 7.11. The largest absolute Gasteiger partial charge is 0.314 e. The third kappa shape index (κ3) is 4.43. The van der Waals surface area contributed by atoms with Gasteiger partial charge in [0, 0.05) is 11.1 Å². The fourth-order valence-electron chi connectivity index (χ4n) is 3.57. The molecule has 1 aromatic carbocycles. The summed E-state index contributed by atoms with van der Waals surface area (Å²) in [5, 5.41) is 4.17. The number of rotatable bonds is 5. The summed E-state index contributed by atoms with van der Waals surface area (Å²) in [6.45, 7) is 1.12. The topological polar surface area (TPSA) is 12.0 Å². The van der Waals surface area contributed by atoms with Crippen LogP contribution in [0, 0.1) is 17.7 Å². The molecular formula is C18H25ClFN. The molecule has 0 spiro atoms. The van der Waals surface area contributed by atoms with Gasteiger partial charge in [-0.15, -0.1) is 0 Å². The van der Waals surface area contributed by atoms with Crippen LogP contribution in [-0.2, 0) is 6.42 Å². The number of hydrogen-bond acceptors (Lipinski definition) is 1. The highest BCUT2D eigenvalue weighted by Gasteiger charge is 2.27. The van der Waals surface area contributed by atoms with Gasteiger partial charge in [0.2, 0.25) is 0 Å². The van der Waals surface area contributed by atoms with Crippen LogP contribution in [0.2, 0.25) is 5.02 Å². The van der Waals surface area contributed by atoms with Crippen LogP contribution >= 0.6 is 11.6 Å². The van der Waals surface area contributed by atoms with Gasteiger partial charge in [-0.25, -0.2) is 4.39 Å². The molecule has 0 aliphatic heterocycles. The zero-order valence-corrected chi connectivity index (χ0v) is 13.3. The first kappa shape index (κ1) is 15.3. The van der Waals surface area contributed by atoms with Crippen molar-refractivity contribution in [2.75, 3.05) is 6.54 Å². The SMILES string of the molecule is Fc1cc(Cl)ccc1CC1CCCCCC1CNC1CC1. The van der Waals surface area contributed by atoms with E-state index in [1.807, 2.05) is 12.1 Å². The molecule has 0 bridgehead atoms. The molecular weight excluding hydrogens is 285 g/mol. The van der Waals surface area contributed by atoms with Gasteiger partial charge in [0.15, 0.2) is 0 Å². The van der Waals surface area contributed by atoms with Crippen LogP contribution in [0.1, 0.15) is 50.5 Å². The molecule has 0 heterocycles. The zero-order chi connectivity index (χ0) is 14.7. The number of nitrogens with one attached hydrogen (secondary N) is 1. The Morgan fingerprint density at radius 1 is 1.05 bits per heavy atom. The van der Waals surface area contributed by atoms with Crippen molar-refractivity contribution >= 4 is 11.6 Å². The van der Waals surface area contributed by atoms with Crippen LogP contribution in [0.25, 0.3) is 0 Å². The van der Waals surface area contributed by atoms with E-state index in [9.17, 15) is 4.39 Å². The van der Waals surface area contributed by atoms with Gasteiger partial charge < -0.3 is 5.32 Å². The highest BCUT2D eigenvalue weighted by Crippen LogP contribution is 2.33. The fraction of sp³-hybridized carbons (Fsp3) is 0.667. The molecule has 2 aliphatic carbocycles. The molecule has 1 aromatic rings. The van der Waals surface area contributed by atoms with Crippen molar-refractivity contribution in [3.05, 3.63) is 34.6 Å². The molecule has 0 amide bonds. The Balaban J connectivity index is 1.65. The molecule has 2 saturated carbocycles. The minimum Gasteiger partial charge on any atom is -0.314 e. The molecule has 0 radical (unpaired) electrons. The molecule has 0 saturated heterocycles. The predicted molar refractivity (Wildman–Crippen MR) is 86.2 cm³/mol. The molecule has 2 unspecified atom stereocenters. The van der Waals surface area contributed by atoms with Crippen LogP contribution in [0.5, 0.6) is 0 Å². The fourth-order valence-corrected chi connectivity index (χ4v) is 3.73. The molecule has 3 heteroatoms. The highest BCUT2D eigenvalue weighted by molar-refractivity contribution is 6.30. The van der Waals surface area contributed by atoms with Gasteiger partial charge in [-0.1, -0.05) is 36.9 Å². The van der Waals surface area contributed by atoms with Gasteiger partial charge in [0.05, 0.1) is 0 Å². The summed E-state index contributed by atoms with van der Waals surface area (Å²) in [6, 6.07) is 5.90. The summed E-state index contributed by atoms with van der Waals surface area (Å²) in [6.07, 6.45) is 10.0. The van der Waals surface area contributed by atoms with Crippen LogP contribution in [0.4, 0.5) is 4.39 Å². The Kier molecular flexibility index (Phi) is 5.18. The van der Waals surface area contributed by atoms with Gasteiger partial charge in [-0.2, -0.15) is 0 Å². The Morgan fingerprint density at radius 2 is 1.81 bits per heavy atom. The van der Waals surface area contributed by atoms with Crippen molar-refractivity contribution in [3.63, 3.8) is 0 Å². The average molecular weight is 310 g/mol. The molecule has 21 heavy (non-hydrogen) atoms. The molecule has 2 aliphatic rings. The zero-order valence-electron chi connectivity index (χ0n) is 12.6. The summed E-state index contributed by atoms with van der Waals surface area (Å²) in [5.41, 5.74) is 0.836. The molecule has 3 rings (SSSR count). The van der Waals surface area contributed by atoms with Crippen molar-refractivity contribution in [3.8, 4) is 0 Å². The summed E-state index contributed by atoms with van der Waals surface area (Å²) in [7, 11) is 0. The van der Waals surface area contributed by atoms with Crippen LogP contribution in [-0.4, -0.2) is 12.6 Å². The van der Waals surface area contributed by atoms with Gasteiger partial charge in [0.25, 0.3) is 0 Å². The second-order valence-corrected chi connectivity index (χ2v) is 7.22. The van der Waals surface area contributed by atoms with E-state index in [2.05, 4.69) is 5.32 Å². The van der Waals surface area contributed by atoms with Gasteiger partial charge >= 0.3 is 0 Å². The summed E-state index contributed by atoms with van der Waals surface area (Å²) >= 11 is 5.86. The van der Waals surface area contributed by atoms with Crippen LogP contribution in [0.3, 0.4) is 0 Å². The first-order valence-corrected chi connectivity index (χ1v) is 8.77. The summed E-state index contributed by atoms with van der Waals surface area (Å²) in [4.78, 5) is 0. The normalized spacial score (nSPS) is 26.6. The minimum absolute atomic E-state index is 0.138. The molecule has 1 nitrogen and oxygen atoms in total. The van der Waals surface area contributed by atoms with Crippen molar-refractivity contribution < 1.29 is 4.39 Å². The second-order valence-electron chi connectivity index (χ2n) is 6.78. The molecule has 2 fully saturated rings. The van der Waals surface area contributed by atoms with Crippen molar-refractivity contribution in [1.82, 2.24) is 5.32 Å². The third-order valence-electron chi connectivity index (χ3n) is 5.06. The number of hydrogen-bond donors (Lipinski definition) is 1. The van der Waals surface area contributed by atoms with Crippen molar-refractivity contribution in [2.24, 2.45) is 11.8 Å². The highest BCUT2D eigenvalue weighted by atomic mass is 35.5. The lowest BCUT2D eigenvalue weighted by Gasteiger charge is -2.26. The van der Waals surface area contributed by atoms with Crippen molar-refractivity contribution in [2.45, 2.75) is 57.4 Å². The van der Waals surface area contributed by atoms with E-state index < -0.39 is 0 Å². The lowest BCUT2D eigenvalue weighted by Crippen LogP contribution is -2.30. The Hall–Kier alpha value is -0.600. The smallest absolute Gasteiger partial charge is 0.127 e. The number of benzene rings is 1. The predicted octanol–water partition coefficient (Wildman–Crippen LogP) is 4.97. The maximum Gasteiger partial charge on any atom is 0.127 e. The number of halogens is 2. The van der Waals surface area contributed by atoms with E-state index in [-0.39, 0.29) is 5.82 Å². The lowest BCUT2D eigenvalue weighted by molar-refractivity contribution is 0.294. The van der Waals surface area contributed by atoms with Gasteiger partial charge in [-0.3, -0.25) is 0 Å². The van der Waals surface area contributed by atoms with E-state index in [0.29, 0.717) is 16.9 Å². The third-order valence-corrected chi connectivity index (χ3v) is 5.29. The monoisotopic (exact) mass is 309 g/mol. The van der Waals surface area contributed by atoms with E-state index in [1.54, 1.807) is 0 Å². The molecule has 0 aromatic heterocycles. The first-order chi connectivity index (χ1) is 10.2.